The van der Waals surface area contributed by atoms with Crippen molar-refractivity contribution in [1.29, 1.82) is 0 Å². The second-order valence-electron chi connectivity index (χ2n) is 4.58. The van der Waals surface area contributed by atoms with Crippen molar-refractivity contribution in [2.45, 2.75) is 57.9 Å². The van der Waals surface area contributed by atoms with E-state index in [1.807, 2.05) is 6.92 Å². The van der Waals surface area contributed by atoms with E-state index in [1.165, 1.54) is 19.3 Å². The van der Waals surface area contributed by atoms with E-state index in [-0.39, 0.29) is 5.91 Å². The van der Waals surface area contributed by atoms with Gasteiger partial charge in [-0.15, -0.1) is 0 Å². The predicted octanol–water partition coefficient (Wildman–Crippen LogP) is 1.94. The van der Waals surface area contributed by atoms with Crippen molar-refractivity contribution in [2.24, 2.45) is 5.92 Å². The number of carboxylic acids is 1. The number of carbonyl (C=O) groups excluding carboxylic acids is 1. The fraction of sp³-hybridized carbons (Fsp3) is 0.833. The lowest BCUT2D eigenvalue weighted by Crippen LogP contribution is -2.40. The second kappa shape index (κ2) is 6.51. The van der Waals surface area contributed by atoms with Crippen molar-refractivity contribution >= 4 is 11.9 Å². The Morgan fingerprint density at radius 3 is 2.56 bits per heavy atom. The van der Waals surface area contributed by atoms with Crippen molar-refractivity contribution in [2.75, 3.05) is 0 Å². The van der Waals surface area contributed by atoms with Gasteiger partial charge in [0.15, 0.2) is 0 Å². The smallest absolute Gasteiger partial charge is 0.326 e. The van der Waals surface area contributed by atoms with Gasteiger partial charge in [0.1, 0.15) is 6.04 Å². The molecule has 0 bridgehead atoms. The van der Waals surface area contributed by atoms with Crippen molar-refractivity contribution < 1.29 is 14.7 Å². The van der Waals surface area contributed by atoms with Gasteiger partial charge in [-0.1, -0.05) is 32.6 Å². The van der Waals surface area contributed by atoms with E-state index >= 15 is 0 Å². The zero-order chi connectivity index (χ0) is 12.0. The molecule has 1 saturated carbocycles. The summed E-state index contributed by atoms with van der Waals surface area (Å²) in [5.41, 5.74) is 0. The molecule has 1 fully saturated rings. The van der Waals surface area contributed by atoms with Gasteiger partial charge in [-0.05, 0) is 18.8 Å². The first kappa shape index (κ1) is 13.0. The van der Waals surface area contributed by atoms with Crippen molar-refractivity contribution in [3.63, 3.8) is 0 Å². The molecule has 0 radical (unpaired) electrons. The highest BCUT2D eigenvalue weighted by Gasteiger charge is 2.21. The number of nitrogens with one attached hydrogen (secondary N) is 1. The van der Waals surface area contributed by atoms with Crippen molar-refractivity contribution in [3.05, 3.63) is 0 Å². The Morgan fingerprint density at radius 1 is 1.44 bits per heavy atom. The summed E-state index contributed by atoms with van der Waals surface area (Å²) < 4.78 is 0. The fourth-order valence-electron chi connectivity index (χ4n) is 1.93. The third-order valence-electron chi connectivity index (χ3n) is 3.22. The molecule has 4 heteroatoms. The standard InChI is InChI=1S/C12H21NO3/c1-2-4-10(12(15)16)13-11(14)8-7-9-5-3-6-9/h9-10H,2-8H2,1H3,(H,13,14)(H,15,16). The normalized spacial score (nSPS) is 17.6. The highest BCUT2D eigenvalue weighted by molar-refractivity contribution is 5.83. The molecule has 0 aromatic rings. The van der Waals surface area contributed by atoms with Crippen LogP contribution in [0.5, 0.6) is 0 Å². The molecule has 0 heterocycles. The minimum atomic E-state index is -0.932. The number of aliphatic carboxylic acids is 1. The molecular weight excluding hydrogens is 206 g/mol. The van der Waals surface area contributed by atoms with Crippen LogP contribution in [0.1, 0.15) is 51.9 Å². The maximum Gasteiger partial charge on any atom is 0.326 e. The van der Waals surface area contributed by atoms with Gasteiger partial charge in [0.2, 0.25) is 5.91 Å². The predicted molar refractivity (Wildman–Crippen MR) is 61.0 cm³/mol. The molecule has 92 valence electrons. The van der Waals surface area contributed by atoms with E-state index in [1.54, 1.807) is 0 Å². The number of hydrogen-bond donors (Lipinski definition) is 2. The van der Waals surface area contributed by atoms with Crippen LogP contribution in [0, 0.1) is 5.92 Å². The first-order valence-electron chi connectivity index (χ1n) is 6.15. The van der Waals surface area contributed by atoms with E-state index in [0.29, 0.717) is 18.8 Å². The molecule has 0 aromatic heterocycles. The summed E-state index contributed by atoms with van der Waals surface area (Å²) in [6.07, 6.45) is 6.38. The van der Waals surface area contributed by atoms with Gasteiger partial charge in [-0.25, -0.2) is 4.79 Å². The van der Waals surface area contributed by atoms with Crippen LogP contribution in [0.4, 0.5) is 0 Å². The Hall–Kier alpha value is -1.06. The minimum Gasteiger partial charge on any atom is -0.480 e. The van der Waals surface area contributed by atoms with E-state index in [4.69, 9.17) is 5.11 Å². The molecule has 0 saturated heterocycles. The molecule has 4 nitrogen and oxygen atoms in total. The largest absolute Gasteiger partial charge is 0.480 e. The summed E-state index contributed by atoms with van der Waals surface area (Å²) in [7, 11) is 0. The van der Waals surface area contributed by atoms with E-state index in [9.17, 15) is 9.59 Å². The van der Waals surface area contributed by atoms with E-state index in [2.05, 4.69) is 5.32 Å². The van der Waals surface area contributed by atoms with Crippen molar-refractivity contribution in [1.82, 2.24) is 5.32 Å². The van der Waals surface area contributed by atoms with Crippen LogP contribution < -0.4 is 5.32 Å². The van der Waals surface area contributed by atoms with Crippen LogP contribution in [0.15, 0.2) is 0 Å². The molecule has 1 rings (SSSR count). The maximum absolute atomic E-state index is 11.5. The third-order valence-corrected chi connectivity index (χ3v) is 3.22. The van der Waals surface area contributed by atoms with Gasteiger partial charge in [0, 0.05) is 6.42 Å². The average Bonchev–Trinajstić information content (AvgIpc) is 2.14. The fourth-order valence-corrected chi connectivity index (χ4v) is 1.93. The van der Waals surface area contributed by atoms with Crippen molar-refractivity contribution in [3.8, 4) is 0 Å². The van der Waals surface area contributed by atoms with Crippen LogP contribution in [0.2, 0.25) is 0 Å². The quantitative estimate of drug-likeness (QED) is 0.698. The second-order valence-corrected chi connectivity index (χ2v) is 4.58. The summed E-state index contributed by atoms with van der Waals surface area (Å²) in [6.45, 7) is 1.91. The van der Waals surface area contributed by atoms with Crippen LogP contribution in [0.3, 0.4) is 0 Å². The highest BCUT2D eigenvalue weighted by Crippen LogP contribution is 2.30. The number of hydrogen-bond acceptors (Lipinski definition) is 2. The first-order chi connectivity index (χ1) is 7.63. The monoisotopic (exact) mass is 227 g/mol. The summed E-state index contributed by atoms with van der Waals surface area (Å²) in [4.78, 5) is 22.3. The first-order valence-corrected chi connectivity index (χ1v) is 6.15. The Labute approximate surface area is 96.4 Å². The summed E-state index contributed by atoms with van der Waals surface area (Å²) in [5.74, 6) is -0.355. The molecule has 2 N–H and O–H groups in total. The molecule has 0 aromatic carbocycles. The summed E-state index contributed by atoms with van der Waals surface area (Å²) in [6, 6.07) is -0.709. The van der Waals surface area contributed by atoms with E-state index in [0.717, 1.165) is 12.8 Å². The topological polar surface area (TPSA) is 66.4 Å². The van der Waals surface area contributed by atoms with Crippen LogP contribution in [-0.2, 0) is 9.59 Å². The van der Waals surface area contributed by atoms with Crippen LogP contribution in [0.25, 0.3) is 0 Å². The van der Waals surface area contributed by atoms with Crippen LogP contribution >= 0.6 is 0 Å². The SMILES string of the molecule is CCCC(NC(=O)CCC1CCC1)C(=O)O. The molecule has 1 amide bonds. The van der Waals surface area contributed by atoms with Gasteiger partial charge < -0.3 is 10.4 Å². The lowest BCUT2D eigenvalue weighted by atomic mass is 9.82. The highest BCUT2D eigenvalue weighted by atomic mass is 16.4. The van der Waals surface area contributed by atoms with Gasteiger partial charge in [0.25, 0.3) is 0 Å². The lowest BCUT2D eigenvalue weighted by molar-refractivity contribution is -0.142. The molecule has 1 aliphatic carbocycles. The molecule has 1 aliphatic rings. The number of amides is 1. The number of rotatable bonds is 7. The lowest BCUT2D eigenvalue weighted by Gasteiger charge is -2.25. The molecule has 1 atom stereocenters. The Balaban J connectivity index is 2.21. The zero-order valence-electron chi connectivity index (χ0n) is 9.87. The average molecular weight is 227 g/mol. The Bertz CT molecular complexity index is 249. The van der Waals surface area contributed by atoms with Gasteiger partial charge in [0.05, 0.1) is 0 Å². The molecule has 16 heavy (non-hydrogen) atoms. The van der Waals surface area contributed by atoms with Gasteiger partial charge >= 0.3 is 5.97 Å². The Morgan fingerprint density at radius 2 is 2.12 bits per heavy atom. The molecule has 1 unspecified atom stereocenters. The summed E-state index contributed by atoms with van der Waals surface area (Å²) >= 11 is 0. The maximum atomic E-state index is 11.5. The molecular formula is C12H21NO3. The summed E-state index contributed by atoms with van der Waals surface area (Å²) in [5, 5.41) is 11.5. The molecule has 0 aliphatic heterocycles. The van der Waals surface area contributed by atoms with Crippen LogP contribution in [-0.4, -0.2) is 23.0 Å². The van der Waals surface area contributed by atoms with Gasteiger partial charge in [-0.2, -0.15) is 0 Å². The zero-order valence-corrected chi connectivity index (χ0v) is 9.87. The molecule has 0 spiro atoms. The number of carboxylic acid groups (broad SMARTS) is 1. The number of carbonyl (C=O) groups is 2. The Kier molecular flexibility index (Phi) is 5.29. The third kappa shape index (κ3) is 4.21. The van der Waals surface area contributed by atoms with E-state index < -0.39 is 12.0 Å². The minimum absolute atomic E-state index is 0.118. The van der Waals surface area contributed by atoms with Gasteiger partial charge in [-0.3, -0.25) is 4.79 Å².